The third-order valence-electron chi connectivity index (χ3n) is 8.29. The van der Waals surface area contributed by atoms with E-state index in [0.29, 0.717) is 12.6 Å². The zero-order valence-electron chi connectivity index (χ0n) is 28.3. The molecule has 0 radical (unpaired) electrons. The molecule has 1 heterocycles. The molecule has 0 aromatic rings. The van der Waals surface area contributed by atoms with Crippen LogP contribution >= 0.6 is 0 Å². The lowest BCUT2D eigenvalue weighted by Gasteiger charge is -2.42. The standard InChI is InChI=1S/C29H53N2O2.C7H16/c1-8-10-11-12-13-14-15-16-17-18-19-23-32-27(5)33-26(4)31(7)22-20-21-28(24-31)29(30-6)25(3)9-2;1-3-5-7-6-4-2/h9,21,26H,5,8,10-20,22-24H2,1-4,6-7H3;3-7H2,1-2H3/q+1;/b25-9-,30-29?;. The third-order valence-corrected chi connectivity index (χ3v) is 8.29. The first-order valence-corrected chi connectivity index (χ1v) is 16.9. The van der Waals surface area contributed by atoms with Gasteiger partial charge in [-0.2, -0.15) is 0 Å². The number of rotatable bonds is 22. The van der Waals surface area contributed by atoms with Gasteiger partial charge in [0.1, 0.15) is 6.54 Å². The fourth-order valence-electron chi connectivity index (χ4n) is 5.24. The van der Waals surface area contributed by atoms with Crippen LogP contribution in [0.4, 0.5) is 0 Å². The molecule has 0 spiro atoms. The lowest BCUT2D eigenvalue weighted by atomic mass is 9.97. The van der Waals surface area contributed by atoms with E-state index in [-0.39, 0.29) is 6.23 Å². The third kappa shape index (κ3) is 18.0. The maximum atomic E-state index is 6.12. The van der Waals surface area contributed by atoms with Gasteiger partial charge in [0.05, 0.1) is 25.9 Å². The predicted octanol–water partition coefficient (Wildman–Crippen LogP) is 10.9. The van der Waals surface area contributed by atoms with E-state index in [2.05, 4.69) is 72.3 Å². The van der Waals surface area contributed by atoms with Crippen molar-refractivity contribution in [1.82, 2.24) is 0 Å². The molecular weight excluding hydrogens is 492 g/mol. The van der Waals surface area contributed by atoms with Gasteiger partial charge >= 0.3 is 0 Å². The fourth-order valence-corrected chi connectivity index (χ4v) is 5.24. The summed E-state index contributed by atoms with van der Waals surface area (Å²) >= 11 is 0. The van der Waals surface area contributed by atoms with E-state index in [1.54, 1.807) is 0 Å². The summed E-state index contributed by atoms with van der Waals surface area (Å²) in [5.41, 5.74) is 3.65. The molecule has 4 nitrogen and oxygen atoms in total. The Kier molecular flexibility index (Phi) is 24.2. The first-order chi connectivity index (χ1) is 19.3. The molecule has 234 valence electrons. The largest absolute Gasteiger partial charge is 0.466 e. The summed E-state index contributed by atoms with van der Waals surface area (Å²) in [5.74, 6) is 0.457. The average Bonchev–Trinajstić information content (AvgIpc) is 2.94. The molecule has 0 aliphatic carbocycles. The summed E-state index contributed by atoms with van der Waals surface area (Å²) in [7, 11) is 4.14. The molecule has 4 heteroatoms. The highest BCUT2D eigenvalue weighted by Crippen LogP contribution is 2.25. The number of nitrogens with zero attached hydrogens (tertiary/aromatic N) is 2. The zero-order chi connectivity index (χ0) is 30.1. The summed E-state index contributed by atoms with van der Waals surface area (Å²) in [5, 5.41) is 0. The van der Waals surface area contributed by atoms with E-state index in [4.69, 9.17) is 9.47 Å². The van der Waals surface area contributed by atoms with Crippen molar-refractivity contribution >= 4 is 5.71 Å². The maximum Gasteiger partial charge on any atom is 0.276 e. The van der Waals surface area contributed by atoms with Crippen LogP contribution in [0, 0.1) is 0 Å². The van der Waals surface area contributed by atoms with Crippen molar-refractivity contribution in [1.29, 1.82) is 0 Å². The number of ether oxygens (including phenoxy) is 2. The summed E-state index contributed by atoms with van der Waals surface area (Å²) in [6.07, 6.45) is 27.2. The smallest absolute Gasteiger partial charge is 0.276 e. The summed E-state index contributed by atoms with van der Waals surface area (Å²) in [4.78, 5) is 4.55. The van der Waals surface area contributed by atoms with Gasteiger partial charge in [-0.1, -0.05) is 129 Å². The topological polar surface area (TPSA) is 30.8 Å². The molecule has 0 N–H and O–H groups in total. The van der Waals surface area contributed by atoms with Gasteiger partial charge in [0.2, 0.25) is 6.23 Å². The van der Waals surface area contributed by atoms with Crippen molar-refractivity contribution in [2.75, 3.05) is 33.8 Å². The fraction of sp³-hybridized carbons (Fsp3) is 0.806. The van der Waals surface area contributed by atoms with E-state index < -0.39 is 0 Å². The molecule has 0 saturated heterocycles. The molecule has 0 saturated carbocycles. The Morgan fingerprint density at radius 3 is 1.85 bits per heavy atom. The highest BCUT2D eigenvalue weighted by molar-refractivity contribution is 6.12. The molecule has 1 rings (SSSR count). The van der Waals surface area contributed by atoms with Crippen LogP contribution in [0.15, 0.2) is 40.8 Å². The lowest BCUT2D eigenvalue weighted by Crippen LogP contribution is -2.55. The van der Waals surface area contributed by atoms with Crippen LogP contribution in [0.3, 0.4) is 0 Å². The number of likely N-dealkylation sites (N-methyl/N-ethyl adjacent to an activating group) is 1. The molecule has 0 aromatic heterocycles. The first kappa shape index (κ1) is 38.5. The Hall–Kier alpha value is -1.55. The highest BCUT2D eigenvalue weighted by Gasteiger charge is 2.35. The maximum absolute atomic E-state index is 6.12. The molecule has 0 fully saturated rings. The summed E-state index contributed by atoms with van der Waals surface area (Å²) in [6.45, 7) is 19.8. The number of quaternary nitrogens is 1. The van der Waals surface area contributed by atoms with E-state index in [0.717, 1.165) is 36.1 Å². The van der Waals surface area contributed by atoms with Crippen LogP contribution in [0.5, 0.6) is 0 Å². The van der Waals surface area contributed by atoms with Crippen molar-refractivity contribution in [3.8, 4) is 0 Å². The molecule has 0 bridgehead atoms. The second-order valence-electron chi connectivity index (χ2n) is 12.0. The minimum absolute atomic E-state index is 0.0115. The number of hydrogen-bond acceptors (Lipinski definition) is 3. The van der Waals surface area contributed by atoms with Gasteiger partial charge in [0.15, 0.2) is 0 Å². The van der Waals surface area contributed by atoms with Crippen molar-refractivity contribution in [3.05, 3.63) is 35.8 Å². The van der Waals surface area contributed by atoms with Crippen LogP contribution in [0.1, 0.15) is 151 Å². The molecule has 40 heavy (non-hydrogen) atoms. The number of unbranched alkanes of at least 4 members (excludes halogenated alkanes) is 14. The Morgan fingerprint density at radius 2 is 1.38 bits per heavy atom. The molecule has 1 aliphatic rings. The lowest BCUT2D eigenvalue weighted by molar-refractivity contribution is -0.948. The van der Waals surface area contributed by atoms with Crippen molar-refractivity contribution < 1.29 is 14.0 Å². The van der Waals surface area contributed by atoms with Crippen LogP contribution in [-0.2, 0) is 9.47 Å². The van der Waals surface area contributed by atoms with E-state index in [1.165, 1.54) is 107 Å². The highest BCUT2D eigenvalue weighted by atomic mass is 16.7. The molecule has 2 unspecified atom stereocenters. The normalized spacial score (nSPS) is 18.4. The molecule has 0 aromatic carbocycles. The quantitative estimate of drug-likeness (QED) is 0.0569. The predicted molar refractivity (Wildman–Crippen MR) is 178 cm³/mol. The van der Waals surface area contributed by atoms with Crippen LogP contribution in [0.2, 0.25) is 0 Å². The molecular formula is C36H69N2O2+. The second-order valence-corrected chi connectivity index (χ2v) is 12.0. The van der Waals surface area contributed by atoms with E-state index in [9.17, 15) is 0 Å². The van der Waals surface area contributed by atoms with Gasteiger partial charge in [-0.25, -0.2) is 0 Å². The molecule has 0 amide bonds. The van der Waals surface area contributed by atoms with Gasteiger partial charge in [-0.15, -0.1) is 0 Å². The molecule has 1 aliphatic heterocycles. The van der Waals surface area contributed by atoms with Gasteiger partial charge in [-0.05, 0) is 32.4 Å². The van der Waals surface area contributed by atoms with Crippen LogP contribution in [0.25, 0.3) is 0 Å². The van der Waals surface area contributed by atoms with Crippen molar-refractivity contribution in [2.24, 2.45) is 4.99 Å². The Labute approximate surface area is 251 Å². The van der Waals surface area contributed by atoms with Crippen LogP contribution in [-0.4, -0.2) is 50.2 Å². The Morgan fingerprint density at radius 1 is 0.900 bits per heavy atom. The number of aliphatic imine (C=N–C) groups is 1. The first-order valence-electron chi connectivity index (χ1n) is 16.9. The van der Waals surface area contributed by atoms with Crippen LogP contribution < -0.4 is 0 Å². The monoisotopic (exact) mass is 562 g/mol. The number of hydrogen-bond donors (Lipinski definition) is 0. The average molecular weight is 562 g/mol. The Balaban J connectivity index is 0.00000191. The second kappa shape index (κ2) is 25.2. The SMILES string of the molecule is C=C(OCCCCCCCCCCCCC)OC(C)[N+]1(C)CCC=C(C(=NC)/C(C)=C\C)C1.CCCCCCC. The zero-order valence-corrected chi connectivity index (χ0v) is 28.3. The van der Waals surface area contributed by atoms with Gasteiger partial charge in [0, 0.05) is 26.0 Å². The van der Waals surface area contributed by atoms with Gasteiger partial charge in [0.25, 0.3) is 5.95 Å². The van der Waals surface area contributed by atoms with Crippen molar-refractivity contribution in [3.63, 3.8) is 0 Å². The van der Waals surface area contributed by atoms with E-state index >= 15 is 0 Å². The summed E-state index contributed by atoms with van der Waals surface area (Å²) < 4.78 is 12.7. The minimum atomic E-state index is -0.0115. The molecule has 2 atom stereocenters. The van der Waals surface area contributed by atoms with Gasteiger partial charge < -0.3 is 9.47 Å². The van der Waals surface area contributed by atoms with Crippen molar-refractivity contribution in [2.45, 2.75) is 157 Å². The number of allylic oxidation sites excluding steroid dienone is 2. The summed E-state index contributed by atoms with van der Waals surface area (Å²) in [6, 6.07) is 0. The van der Waals surface area contributed by atoms with E-state index in [1.807, 2.05) is 7.05 Å². The van der Waals surface area contributed by atoms with Gasteiger partial charge in [-0.3, -0.25) is 9.48 Å². The Bertz CT molecular complexity index is 720. The minimum Gasteiger partial charge on any atom is -0.466 e.